The Morgan fingerprint density at radius 1 is 1.16 bits per heavy atom. The van der Waals surface area contributed by atoms with E-state index in [0.717, 1.165) is 31.8 Å². The molecule has 1 aliphatic carbocycles. The summed E-state index contributed by atoms with van der Waals surface area (Å²) in [6, 6.07) is 1.32. The molecule has 3 aliphatic rings. The summed E-state index contributed by atoms with van der Waals surface area (Å²) in [6.07, 6.45) is 7.23. The van der Waals surface area contributed by atoms with Crippen LogP contribution in [0, 0.1) is 5.92 Å². The van der Waals surface area contributed by atoms with Gasteiger partial charge in [-0.3, -0.25) is 4.79 Å². The molecule has 2 heterocycles. The van der Waals surface area contributed by atoms with Crippen molar-refractivity contribution in [2.24, 2.45) is 5.92 Å². The first-order valence-electron chi connectivity index (χ1n) is 8.00. The monoisotopic (exact) mass is 265 g/mol. The van der Waals surface area contributed by atoms with Gasteiger partial charge in [-0.05, 0) is 51.0 Å². The molecular weight excluding hydrogens is 238 g/mol. The molecule has 0 aromatic carbocycles. The average molecular weight is 265 g/mol. The van der Waals surface area contributed by atoms with Gasteiger partial charge in [0.25, 0.3) is 0 Å². The maximum atomic E-state index is 12.3. The average Bonchev–Trinajstić information content (AvgIpc) is 3.24. The van der Waals surface area contributed by atoms with Gasteiger partial charge in [0.1, 0.15) is 0 Å². The number of amides is 1. The molecule has 1 amide bonds. The van der Waals surface area contributed by atoms with Crippen LogP contribution in [0.5, 0.6) is 0 Å². The number of nitrogens with one attached hydrogen (secondary N) is 2. The lowest BCUT2D eigenvalue weighted by molar-refractivity contribution is -0.125. The summed E-state index contributed by atoms with van der Waals surface area (Å²) in [5, 5.41) is 6.61. The van der Waals surface area contributed by atoms with Crippen molar-refractivity contribution < 1.29 is 4.79 Å². The lowest BCUT2D eigenvalue weighted by atomic mass is 9.93. The minimum atomic E-state index is 0.0465. The van der Waals surface area contributed by atoms with Gasteiger partial charge < -0.3 is 15.5 Å². The van der Waals surface area contributed by atoms with Crippen LogP contribution in [0.25, 0.3) is 0 Å². The highest BCUT2D eigenvalue weighted by molar-refractivity contribution is 5.82. The molecule has 108 valence electrons. The maximum Gasteiger partial charge on any atom is 0.237 e. The van der Waals surface area contributed by atoms with E-state index in [1.165, 1.54) is 32.4 Å². The van der Waals surface area contributed by atoms with Crippen molar-refractivity contribution in [3.05, 3.63) is 0 Å². The molecule has 2 atom stereocenters. The molecule has 19 heavy (non-hydrogen) atoms. The Bertz CT molecular complexity index is 321. The molecule has 3 rings (SSSR count). The zero-order valence-corrected chi connectivity index (χ0v) is 12.0. The van der Waals surface area contributed by atoms with Crippen LogP contribution in [-0.2, 0) is 4.79 Å². The second kappa shape index (κ2) is 5.80. The number of likely N-dealkylation sites (tertiary alicyclic amines) is 1. The van der Waals surface area contributed by atoms with Crippen LogP contribution >= 0.6 is 0 Å². The third-order valence-corrected chi connectivity index (χ3v) is 4.92. The van der Waals surface area contributed by atoms with Crippen molar-refractivity contribution in [1.29, 1.82) is 0 Å². The number of hydrogen-bond donors (Lipinski definition) is 2. The Morgan fingerprint density at radius 2 is 1.89 bits per heavy atom. The van der Waals surface area contributed by atoms with Gasteiger partial charge in [-0.15, -0.1) is 0 Å². The summed E-state index contributed by atoms with van der Waals surface area (Å²) < 4.78 is 0. The number of hydrogen-bond acceptors (Lipinski definition) is 3. The Balaban J connectivity index is 1.42. The first kappa shape index (κ1) is 13.4. The molecule has 1 saturated carbocycles. The fourth-order valence-electron chi connectivity index (χ4n) is 3.46. The van der Waals surface area contributed by atoms with Gasteiger partial charge in [-0.2, -0.15) is 0 Å². The van der Waals surface area contributed by atoms with Gasteiger partial charge in [-0.25, -0.2) is 0 Å². The molecular formula is C15H27N3O. The first-order chi connectivity index (χ1) is 9.22. The maximum absolute atomic E-state index is 12.3. The van der Waals surface area contributed by atoms with Crippen LogP contribution in [0.2, 0.25) is 0 Å². The van der Waals surface area contributed by atoms with Crippen LogP contribution < -0.4 is 10.6 Å². The molecule has 0 radical (unpaired) electrons. The Labute approximate surface area is 116 Å². The van der Waals surface area contributed by atoms with Gasteiger partial charge >= 0.3 is 0 Å². The normalized spacial score (nSPS) is 34.2. The molecule has 0 aromatic rings. The predicted octanol–water partition coefficient (Wildman–Crippen LogP) is 1.12. The number of rotatable bonds is 3. The Kier molecular flexibility index (Phi) is 4.08. The third-order valence-electron chi connectivity index (χ3n) is 4.92. The van der Waals surface area contributed by atoms with Crippen LogP contribution in [0.1, 0.15) is 45.4 Å². The molecule has 2 unspecified atom stereocenters. The van der Waals surface area contributed by atoms with Crippen LogP contribution in [0.15, 0.2) is 0 Å². The van der Waals surface area contributed by atoms with Gasteiger partial charge in [-0.1, -0.05) is 6.92 Å². The van der Waals surface area contributed by atoms with Crippen LogP contribution in [-0.4, -0.2) is 48.6 Å². The highest BCUT2D eigenvalue weighted by atomic mass is 16.2. The minimum Gasteiger partial charge on any atom is -0.352 e. The quantitative estimate of drug-likeness (QED) is 0.804. The van der Waals surface area contributed by atoms with E-state index in [1.54, 1.807) is 0 Å². The fourth-order valence-corrected chi connectivity index (χ4v) is 3.46. The van der Waals surface area contributed by atoms with E-state index in [1.807, 2.05) is 0 Å². The Hall–Kier alpha value is -0.610. The predicted molar refractivity (Wildman–Crippen MR) is 75.9 cm³/mol. The molecule has 4 nitrogen and oxygen atoms in total. The molecule has 0 spiro atoms. The van der Waals surface area contributed by atoms with Crippen molar-refractivity contribution in [2.45, 2.75) is 63.6 Å². The number of nitrogens with zero attached hydrogens (tertiary/aromatic N) is 1. The van der Waals surface area contributed by atoms with Crippen LogP contribution in [0.3, 0.4) is 0 Å². The number of piperidine rings is 2. The number of carbonyl (C=O) groups is 1. The van der Waals surface area contributed by atoms with E-state index in [9.17, 15) is 4.79 Å². The second-order valence-electron chi connectivity index (χ2n) is 6.69. The zero-order chi connectivity index (χ0) is 13.2. The van der Waals surface area contributed by atoms with E-state index < -0.39 is 0 Å². The van der Waals surface area contributed by atoms with Crippen molar-refractivity contribution in [1.82, 2.24) is 15.5 Å². The first-order valence-corrected chi connectivity index (χ1v) is 8.00. The molecule has 4 heteroatoms. The minimum absolute atomic E-state index is 0.0465. The highest BCUT2D eigenvalue weighted by Crippen LogP contribution is 2.29. The van der Waals surface area contributed by atoms with Gasteiger partial charge in [0.05, 0.1) is 6.04 Å². The topological polar surface area (TPSA) is 44.4 Å². The standard InChI is InChI=1S/C15H27N3O/c1-11-4-7-16-14(10-11)15(19)17-12-5-8-18(9-6-12)13-2-3-13/h11-14,16H,2-10H2,1H3,(H,17,19). The largest absolute Gasteiger partial charge is 0.352 e. The van der Waals surface area contributed by atoms with Crippen LogP contribution in [0.4, 0.5) is 0 Å². The van der Waals surface area contributed by atoms with Crippen molar-refractivity contribution in [3.63, 3.8) is 0 Å². The van der Waals surface area contributed by atoms with Crippen molar-refractivity contribution >= 4 is 5.91 Å². The molecule has 0 aromatic heterocycles. The Morgan fingerprint density at radius 3 is 2.53 bits per heavy atom. The van der Waals surface area contributed by atoms with Crippen molar-refractivity contribution in [2.75, 3.05) is 19.6 Å². The van der Waals surface area contributed by atoms with Gasteiger partial charge in [0, 0.05) is 25.2 Å². The summed E-state index contributed by atoms with van der Waals surface area (Å²) in [6.45, 7) is 5.57. The molecule has 2 N–H and O–H groups in total. The SMILES string of the molecule is CC1CCNC(C(=O)NC2CCN(C3CC3)CC2)C1. The second-order valence-corrected chi connectivity index (χ2v) is 6.69. The molecule has 2 aliphatic heterocycles. The fraction of sp³-hybridized carbons (Fsp3) is 0.933. The summed E-state index contributed by atoms with van der Waals surface area (Å²) in [4.78, 5) is 14.9. The molecule has 0 bridgehead atoms. The van der Waals surface area contributed by atoms with E-state index >= 15 is 0 Å². The molecule has 3 fully saturated rings. The van der Waals surface area contributed by atoms with Gasteiger partial charge in [0.15, 0.2) is 0 Å². The lowest BCUT2D eigenvalue weighted by Gasteiger charge is -2.34. The smallest absolute Gasteiger partial charge is 0.237 e. The zero-order valence-electron chi connectivity index (χ0n) is 12.0. The summed E-state index contributed by atoms with van der Waals surface area (Å²) in [7, 11) is 0. The van der Waals surface area contributed by atoms with E-state index in [4.69, 9.17) is 0 Å². The molecule has 2 saturated heterocycles. The van der Waals surface area contributed by atoms with Gasteiger partial charge in [0.2, 0.25) is 5.91 Å². The van der Waals surface area contributed by atoms with Crippen molar-refractivity contribution in [3.8, 4) is 0 Å². The summed E-state index contributed by atoms with van der Waals surface area (Å²) in [5.74, 6) is 0.908. The number of carbonyl (C=O) groups excluding carboxylic acids is 1. The lowest BCUT2D eigenvalue weighted by Crippen LogP contribution is -2.53. The van der Waals surface area contributed by atoms with E-state index in [0.29, 0.717) is 12.0 Å². The highest BCUT2D eigenvalue weighted by Gasteiger charge is 2.33. The summed E-state index contributed by atoms with van der Waals surface area (Å²) >= 11 is 0. The van der Waals surface area contributed by atoms with E-state index in [-0.39, 0.29) is 11.9 Å². The summed E-state index contributed by atoms with van der Waals surface area (Å²) in [5.41, 5.74) is 0. The third kappa shape index (κ3) is 3.48. The van der Waals surface area contributed by atoms with E-state index in [2.05, 4.69) is 22.5 Å².